The summed E-state index contributed by atoms with van der Waals surface area (Å²) < 4.78 is 0. The fraction of sp³-hybridized carbons (Fsp3) is 0.500. The molecule has 12 heavy (non-hydrogen) atoms. The second-order valence-corrected chi connectivity index (χ2v) is 3.01. The molecular formula is C10H15NO. The SMILES string of the molecule is C=CC(=O)N1CCC/C(=C\C)C1. The smallest absolute Gasteiger partial charge is 0.246 e. The highest BCUT2D eigenvalue weighted by atomic mass is 16.2. The maximum absolute atomic E-state index is 11.2. The maximum atomic E-state index is 11.2. The van der Waals surface area contributed by atoms with Gasteiger partial charge >= 0.3 is 0 Å². The van der Waals surface area contributed by atoms with Gasteiger partial charge in [0.2, 0.25) is 5.91 Å². The Kier molecular flexibility index (Phi) is 3.09. The molecule has 2 heteroatoms. The third-order valence-electron chi connectivity index (χ3n) is 2.21. The van der Waals surface area contributed by atoms with E-state index in [1.807, 2.05) is 11.8 Å². The van der Waals surface area contributed by atoms with Crippen molar-refractivity contribution in [2.45, 2.75) is 19.8 Å². The first-order chi connectivity index (χ1) is 5.77. The van der Waals surface area contributed by atoms with Crippen molar-refractivity contribution in [2.24, 2.45) is 0 Å². The van der Waals surface area contributed by atoms with Crippen molar-refractivity contribution in [1.82, 2.24) is 4.90 Å². The molecule has 66 valence electrons. The molecule has 0 spiro atoms. The van der Waals surface area contributed by atoms with E-state index in [1.165, 1.54) is 11.6 Å². The van der Waals surface area contributed by atoms with Crippen LogP contribution in [0.1, 0.15) is 19.8 Å². The van der Waals surface area contributed by atoms with Gasteiger partial charge in [0.15, 0.2) is 0 Å². The molecule has 0 unspecified atom stereocenters. The third-order valence-corrected chi connectivity index (χ3v) is 2.21. The van der Waals surface area contributed by atoms with E-state index in [2.05, 4.69) is 12.7 Å². The quantitative estimate of drug-likeness (QED) is 0.428. The summed E-state index contributed by atoms with van der Waals surface area (Å²) in [6.07, 6.45) is 5.71. The molecule has 1 saturated heterocycles. The third kappa shape index (κ3) is 1.97. The second-order valence-electron chi connectivity index (χ2n) is 3.01. The maximum Gasteiger partial charge on any atom is 0.246 e. The largest absolute Gasteiger partial charge is 0.335 e. The molecule has 1 fully saturated rings. The molecule has 0 bridgehead atoms. The number of nitrogens with zero attached hydrogens (tertiary/aromatic N) is 1. The van der Waals surface area contributed by atoms with Gasteiger partial charge in [0, 0.05) is 13.1 Å². The first-order valence-electron chi connectivity index (χ1n) is 4.33. The average molecular weight is 165 g/mol. The topological polar surface area (TPSA) is 20.3 Å². The molecule has 0 aromatic carbocycles. The fourth-order valence-electron chi connectivity index (χ4n) is 1.45. The lowest BCUT2D eigenvalue weighted by atomic mass is 10.0. The molecule has 0 aromatic heterocycles. The van der Waals surface area contributed by atoms with Crippen molar-refractivity contribution in [1.29, 1.82) is 0 Å². The number of hydrogen-bond donors (Lipinski definition) is 0. The Morgan fingerprint density at radius 2 is 2.42 bits per heavy atom. The Morgan fingerprint density at radius 3 is 3.00 bits per heavy atom. The van der Waals surface area contributed by atoms with Crippen LogP contribution in [0.5, 0.6) is 0 Å². The van der Waals surface area contributed by atoms with Crippen molar-refractivity contribution in [2.75, 3.05) is 13.1 Å². The van der Waals surface area contributed by atoms with Crippen molar-refractivity contribution in [3.63, 3.8) is 0 Å². The van der Waals surface area contributed by atoms with E-state index in [1.54, 1.807) is 0 Å². The summed E-state index contributed by atoms with van der Waals surface area (Å²) >= 11 is 0. The predicted octanol–water partition coefficient (Wildman–Crippen LogP) is 1.74. The Hall–Kier alpha value is -1.05. The Bertz CT molecular complexity index is 218. The summed E-state index contributed by atoms with van der Waals surface area (Å²) in [5.41, 5.74) is 1.36. The number of hydrogen-bond acceptors (Lipinski definition) is 1. The van der Waals surface area contributed by atoms with Gasteiger partial charge in [0.25, 0.3) is 0 Å². The molecule has 0 N–H and O–H groups in total. The van der Waals surface area contributed by atoms with E-state index < -0.39 is 0 Å². The molecule has 0 aromatic rings. The molecule has 0 atom stereocenters. The average Bonchev–Trinajstić information content (AvgIpc) is 2.17. The number of allylic oxidation sites excluding steroid dienone is 1. The standard InChI is InChI=1S/C10H15NO/c1-3-9-6-5-7-11(8-9)10(12)4-2/h3-4H,2,5-8H2,1H3/b9-3+. The van der Waals surface area contributed by atoms with Gasteiger partial charge in [-0.2, -0.15) is 0 Å². The van der Waals surface area contributed by atoms with Crippen molar-refractivity contribution in [3.05, 3.63) is 24.3 Å². The van der Waals surface area contributed by atoms with Crippen LogP contribution >= 0.6 is 0 Å². The van der Waals surface area contributed by atoms with Crippen LogP contribution in [0, 0.1) is 0 Å². The number of amides is 1. The van der Waals surface area contributed by atoms with Crippen LogP contribution in [-0.4, -0.2) is 23.9 Å². The number of likely N-dealkylation sites (tertiary alicyclic amines) is 1. The molecule has 0 saturated carbocycles. The van der Waals surface area contributed by atoms with Gasteiger partial charge in [-0.25, -0.2) is 0 Å². The Labute approximate surface area is 73.6 Å². The fourth-order valence-corrected chi connectivity index (χ4v) is 1.45. The Balaban J connectivity index is 2.57. The monoisotopic (exact) mass is 165 g/mol. The number of carbonyl (C=O) groups is 1. The van der Waals surface area contributed by atoms with Gasteiger partial charge < -0.3 is 4.90 Å². The summed E-state index contributed by atoms with van der Waals surface area (Å²) in [7, 11) is 0. The van der Waals surface area contributed by atoms with Crippen molar-refractivity contribution < 1.29 is 4.79 Å². The van der Waals surface area contributed by atoms with E-state index in [0.29, 0.717) is 0 Å². The number of piperidine rings is 1. The summed E-state index contributed by atoms with van der Waals surface area (Å²) in [6, 6.07) is 0. The van der Waals surface area contributed by atoms with E-state index in [-0.39, 0.29) is 5.91 Å². The van der Waals surface area contributed by atoms with Gasteiger partial charge in [0.1, 0.15) is 0 Å². The van der Waals surface area contributed by atoms with Gasteiger partial charge in [-0.3, -0.25) is 4.79 Å². The minimum absolute atomic E-state index is 0.0500. The molecule has 1 aliphatic heterocycles. The van der Waals surface area contributed by atoms with Crippen molar-refractivity contribution >= 4 is 5.91 Å². The lowest BCUT2D eigenvalue weighted by Gasteiger charge is -2.27. The molecular weight excluding hydrogens is 150 g/mol. The second kappa shape index (κ2) is 4.10. The highest BCUT2D eigenvalue weighted by Crippen LogP contribution is 2.14. The van der Waals surface area contributed by atoms with Crippen LogP contribution in [0.25, 0.3) is 0 Å². The minimum Gasteiger partial charge on any atom is -0.335 e. The first-order valence-corrected chi connectivity index (χ1v) is 4.33. The summed E-state index contributed by atoms with van der Waals surface area (Å²) in [5.74, 6) is 0.0500. The van der Waals surface area contributed by atoms with Crippen LogP contribution in [0.2, 0.25) is 0 Å². The van der Waals surface area contributed by atoms with E-state index in [0.717, 1.165) is 25.9 Å². The van der Waals surface area contributed by atoms with E-state index >= 15 is 0 Å². The van der Waals surface area contributed by atoms with Crippen molar-refractivity contribution in [3.8, 4) is 0 Å². The highest BCUT2D eigenvalue weighted by Gasteiger charge is 2.15. The van der Waals surface area contributed by atoms with Gasteiger partial charge in [0.05, 0.1) is 0 Å². The molecule has 2 nitrogen and oxygen atoms in total. The summed E-state index contributed by atoms with van der Waals surface area (Å²) in [5, 5.41) is 0. The molecule has 1 heterocycles. The number of rotatable bonds is 1. The molecule has 0 aliphatic carbocycles. The van der Waals surface area contributed by atoms with Crippen LogP contribution < -0.4 is 0 Å². The summed E-state index contributed by atoms with van der Waals surface area (Å²) in [6.45, 7) is 7.17. The predicted molar refractivity (Wildman–Crippen MR) is 49.8 cm³/mol. The van der Waals surface area contributed by atoms with Gasteiger partial charge in [-0.15, -0.1) is 0 Å². The number of carbonyl (C=O) groups excluding carboxylic acids is 1. The van der Waals surface area contributed by atoms with Gasteiger partial charge in [-0.05, 0) is 25.8 Å². The zero-order valence-corrected chi connectivity index (χ0v) is 7.55. The Morgan fingerprint density at radius 1 is 1.67 bits per heavy atom. The lowest BCUT2D eigenvalue weighted by Crippen LogP contribution is -2.35. The minimum atomic E-state index is 0.0500. The highest BCUT2D eigenvalue weighted by molar-refractivity contribution is 5.87. The van der Waals surface area contributed by atoms with Gasteiger partial charge in [-0.1, -0.05) is 18.2 Å². The molecule has 1 aliphatic rings. The molecule has 0 radical (unpaired) electrons. The molecule has 1 rings (SSSR count). The zero-order valence-electron chi connectivity index (χ0n) is 7.55. The van der Waals surface area contributed by atoms with E-state index in [9.17, 15) is 4.79 Å². The van der Waals surface area contributed by atoms with Crippen LogP contribution in [-0.2, 0) is 4.79 Å². The van der Waals surface area contributed by atoms with Crippen LogP contribution in [0.4, 0.5) is 0 Å². The van der Waals surface area contributed by atoms with Crippen LogP contribution in [0.15, 0.2) is 24.3 Å². The zero-order chi connectivity index (χ0) is 8.97. The summed E-state index contributed by atoms with van der Waals surface area (Å²) in [4.78, 5) is 13.0. The lowest BCUT2D eigenvalue weighted by molar-refractivity contribution is -0.126. The first kappa shape index (κ1) is 9.04. The normalized spacial score (nSPS) is 21.1. The van der Waals surface area contributed by atoms with Crippen LogP contribution in [0.3, 0.4) is 0 Å². The van der Waals surface area contributed by atoms with E-state index in [4.69, 9.17) is 0 Å². The molecule has 1 amide bonds.